The summed E-state index contributed by atoms with van der Waals surface area (Å²) < 4.78 is 5.53. The molecule has 2 rings (SSSR count). The van der Waals surface area contributed by atoms with E-state index in [1.807, 2.05) is 36.4 Å². The van der Waals surface area contributed by atoms with Gasteiger partial charge in [0.2, 0.25) is 0 Å². The van der Waals surface area contributed by atoms with E-state index >= 15 is 0 Å². The van der Waals surface area contributed by atoms with Crippen molar-refractivity contribution in [2.75, 3.05) is 6.61 Å². The lowest BCUT2D eigenvalue weighted by molar-refractivity contribution is 0.0504. The number of rotatable bonds is 18. The molecule has 4 nitrogen and oxygen atoms in total. The minimum atomic E-state index is -0.875. The molecule has 0 spiro atoms. The van der Waals surface area contributed by atoms with Crippen LogP contribution in [0.3, 0.4) is 0 Å². The molecule has 0 amide bonds. The largest absolute Gasteiger partial charge is 0.461 e. The molecular formula is C28H39ClN2O2S. The molecule has 6 heteroatoms. The number of nitrogens with zero attached hydrogens (tertiary/aromatic N) is 2. The maximum absolute atomic E-state index is 12.7. The lowest BCUT2D eigenvalue weighted by Crippen LogP contribution is -2.06. The van der Waals surface area contributed by atoms with Gasteiger partial charge in [-0.05, 0) is 6.42 Å². The van der Waals surface area contributed by atoms with Crippen LogP contribution in [0.4, 0.5) is 0 Å². The molecule has 2 aromatic rings. The third kappa shape index (κ3) is 10.6. The number of carbonyl (C=O) groups excluding carboxylic acids is 1. The number of aromatic nitrogens is 1. The number of ether oxygens (including phenoxy) is 1. The van der Waals surface area contributed by atoms with Crippen LogP contribution in [0.25, 0.3) is 11.3 Å². The van der Waals surface area contributed by atoms with Crippen LogP contribution >= 0.6 is 22.9 Å². The molecule has 0 aliphatic carbocycles. The second kappa shape index (κ2) is 17.5. The van der Waals surface area contributed by atoms with Crippen LogP contribution < -0.4 is 0 Å². The summed E-state index contributed by atoms with van der Waals surface area (Å²) in [4.78, 5) is 17.6. The molecule has 1 aromatic carbocycles. The van der Waals surface area contributed by atoms with Gasteiger partial charge in [0.05, 0.1) is 18.4 Å². The molecule has 0 fully saturated rings. The molecule has 0 bridgehead atoms. The number of unbranched alkanes of at least 4 members (excludes halogenated alkanes) is 13. The van der Waals surface area contributed by atoms with Crippen molar-refractivity contribution < 1.29 is 9.53 Å². The van der Waals surface area contributed by atoms with Gasteiger partial charge in [-0.2, -0.15) is 5.26 Å². The Labute approximate surface area is 214 Å². The van der Waals surface area contributed by atoms with Crippen LogP contribution in [-0.4, -0.2) is 17.6 Å². The molecule has 186 valence electrons. The summed E-state index contributed by atoms with van der Waals surface area (Å²) in [6.07, 6.45) is 18.1. The van der Waals surface area contributed by atoms with E-state index in [0.717, 1.165) is 29.7 Å². The Kier molecular flexibility index (Phi) is 14.6. The summed E-state index contributed by atoms with van der Waals surface area (Å²) in [6, 6.07) is 11.4. The summed E-state index contributed by atoms with van der Waals surface area (Å²) in [7, 11) is 0. The molecule has 1 heterocycles. The molecule has 0 radical (unpaired) electrons. The smallest absolute Gasteiger partial charge is 0.350 e. The third-order valence-corrected chi connectivity index (χ3v) is 7.47. The first kappa shape index (κ1) is 28.3. The molecule has 1 aromatic heterocycles. The molecule has 0 aliphatic rings. The minimum absolute atomic E-state index is 0.390. The Morgan fingerprint density at radius 3 is 2.00 bits per heavy atom. The van der Waals surface area contributed by atoms with Crippen molar-refractivity contribution in [3.05, 3.63) is 40.2 Å². The lowest BCUT2D eigenvalue weighted by Gasteiger charge is -2.06. The summed E-state index contributed by atoms with van der Waals surface area (Å²) in [5.41, 5.74) is 1.35. The molecule has 1 atom stereocenters. The fourth-order valence-electron chi connectivity index (χ4n) is 3.96. The van der Waals surface area contributed by atoms with Gasteiger partial charge in [-0.15, -0.1) is 11.3 Å². The molecule has 34 heavy (non-hydrogen) atoms. The number of nitriles is 1. The van der Waals surface area contributed by atoms with Crippen molar-refractivity contribution in [1.29, 1.82) is 5.26 Å². The van der Waals surface area contributed by atoms with Crippen LogP contribution in [0.15, 0.2) is 30.3 Å². The number of hydrogen-bond acceptors (Lipinski definition) is 5. The number of thiazole rings is 1. The number of esters is 1. The van der Waals surface area contributed by atoms with Crippen LogP contribution in [0, 0.1) is 11.3 Å². The monoisotopic (exact) mass is 502 g/mol. The van der Waals surface area contributed by atoms with E-state index < -0.39 is 5.38 Å². The van der Waals surface area contributed by atoms with E-state index in [1.165, 1.54) is 77.0 Å². The van der Waals surface area contributed by atoms with Crippen LogP contribution in [-0.2, 0) is 4.74 Å². The van der Waals surface area contributed by atoms with Gasteiger partial charge in [0, 0.05) is 5.56 Å². The first-order chi connectivity index (χ1) is 16.7. The average Bonchev–Trinajstić information content (AvgIpc) is 3.32. The Hall–Kier alpha value is -1.90. The normalized spacial score (nSPS) is 11.8. The lowest BCUT2D eigenvalue weighted by atomic mass is 10.0. The van der Waals surface area contributed by atoms with Crippen molar-refractivity contribution in [3.63, 3.8) is 0 Å². The Morgan fingerprint density at radius 2 is 1.47 bits per heavy atom. The highest BCUT2D eigenvalue weighted by Gasteiger charge is 2.23. The van der Waals surface area contributed by atoms with Crippen molar-refractivity contribution >= 4 is 28.9 Å². The molecule has 0 saturated carbocycles. The average molecular weight is 503 g/mol. The van der Waals surface area contributed by atoms with Gasteiger partial charge < -0.3 is 4.74 Å². The van der Waals surface area contributed by atoms with Crippen LogP contribution in [0.5, 0.6) is 0 Å². The zero-order valence-electron chi connectivity index (χ0n) is 20.6. The molecule has 1 unspecified atom stereocenters. The highest BCUT2D eigenvalue weighted by Crippen LogP contribution is 2.33. The van der Waals surface area contributed by atoms with Crippen molar-refractivity contribution in [1.82, 2.24) is 4.98 Å². The number of hydrogen-bond donors (Lipinski definition) is 0. The fourth-order valence-corrected chi connectivity index (χ4v) is 5.04. The number of carbonyl (C=O) groups is 1. The zero-order chi connectivity index (χ0) is 24.4. The summed E-state index contributed by atoms with van der Waals surface area (Å²) in [6.45, 7) is 2.67. The molecule has 0 saturated heterocycles. The predicted molar refractivity (Wildman–Crippen MR) is 142 cm³/mol. The Balaban J connectivity index is 1.61. The number of halogens is 1. The molecular weight excluding hydrogens is 464 g/mol. The van der Waals surface area contributed by atoms with E-state index in [4.69, 9.17) is 21.6 Å². The standard InChI is InChI=1S/C28H39ClN2O2S/c1-2-3-4-5-6-7-8-9-10-11-12-13-14-18-21-33-28(32)26-25(23-19-16-15-17-20-23)31-27(34-26)24(29)22-30/h15-17,19-20,24H,2-14,18,21H2,1H3. The van der Waals surface area contributed by atoms with Crippen molar-refractivity contribution in [2.45, 2.75) is 102 Å². The van der Waals surface area contributed by atoms with Gasteiger partial charge >= 0.3 is 5.97 Å². The fraction of sp³-hybridized carbons (Fsp3) is 0.607. The highest BCUT2D eigenvalue weighted by molar-refractivity contribution is 7.14. The quantitative estimate of drug-likeness (QED) is 0.116. The van der Waals surface area contributed by atoms with Gasteiger partial charge in [0.1, 0.15) is 9.88 Å². The predicted octanol–water partition coefficient (Wildman–Crippen LogP) is 9.25. The van der Waals surface area contributed by atoms with Crippen LogP contribution in [0.1, 0.15) is 117 Å². The number of alkyl halides is 1. The van der Waals surface area contributed by atoms with Gasteiger partial charge in [-0.1, -0.05) is 132 Å². The topological polar surface area (TPSA) is 63.0 Å². The van der Waals surface area contributed by atoms with E-state index in [2.05, 4.69) is 11.9 Å². The van der Waals surface area contributed by atoms with Gasteiger partial charge in [0.25, 0.3) is 0 Å². The van der Waals surface area contributed by atoms with E-state index in [9.17, 15) is 4.79 Å². The van der Waals surface area contributed by atoms with E-state index in [-0.39, 0.29) is 5.97 Å². The second-order valence-electron chi connectivity index (χ2n) is 8.82. The SMILES string of the molecule is CCCCCCCCCCCCCCCCOC(=O)c1sc(C(Cl)C#N)nc1-c1ccccc1. The zero-order valence-corrected chi connectivity index (χ0v) is 22.1. The summed E-state index contributed by atoms with van der Waals surface area (Å²) in [5.74, 6) is -0.390. The minimum Gasteiger partial charge on any atom is -0.461 e. The van der Waals surface area contributed by atoms with Gasteiger partial charge in [-0.3, -0.25) is 0 Å². The summed E-state index contributed by atoms with van der Waals surface area (Å²) >= 11 is 7.19. The van der Waals surface area contributed by atoms with E-state index in [1.54, 1.807) is 0 Å². The van der Waals surface area contributed by atoms with Gasteiger partial charge in [0.15, 0.2) is 5.38 Å². The molecule has 0 N–H and O–H groups in total. The first-order valence-corrected chi connectivity index (χ1v) is 14.2. The maximum atomic E-state index is 12.7. The van der Waals surface area contributed by atoms with E-state index in [0.29, 0.717) is 22.2 Å². The third-order valence-electron chi connectivity index (χ3n) is 5.94. The molecule has 0 aliphatic heterocycles. The second-order valence-corrected chi connectivity index (χ2v) is 10.3. The Morgan fingerprint density at radius 1 is 0.941 bits per heavy atom. The highest BCUT2D eigenvalue weighted by atomic mass is 35.5. The van der Waals surface area contributed by atoms with Crippen molar-refractivity contribution in [3.8, 4) is 17.3 Å². The van der Waals surface area contributed by atoms with Crippen LogP contribution in [0.2, 0.25) is 0 Å². The van der Waals surface area contributed by atoms with Crippen molar-refractivity contribution in [2.24, 2.45) is 0 Å². The first-order valence-electron chi connectivity index (χ1n) is 12.9. The maximum Gasteiger partial charge on any atom is 0.350 e. The Bertz CT molecular complexity index is 863. The number of benzene rings is 1. The summed E-state index contributed by atoms with van der Waals surface area (Å²) in [5, 5.41) is 8.67. The van der Waals surface area contributed by atoms with Gasteiger partial charge in [-0.25, -0.2) is 9.78 Å².